The van der Waals surface area contributed by atoms with E-state index in [0.717, 1.165) is 19.3 Å². The van der Waals surface area contributed by atoms with Gasteiger partial charge in [-0.25, -0.2) is 9.59 Å². The van der Waals surface area contributed by atoms with Crippen molar-refractivity contribution < 1.29 is 14.7 Å². The molecule has 0 bridgehead atoms. The lowest BCUT2D eigenvalue weighted by Gasteiger charge is -2.24. The van der Waals surface area contributed by atoms with E-state index in [-0.39, 0.29) is 12.1 Å². The molecular formula is C11H16N2O3. The molecule has 0 radical (unpaired) electrons. The molecule has 16 heavy (non-hydrogen) atoms. The van der Waals surface area contributed by atoms with Crippen molar-refractivity contribution in [1.82, 2.24) is 10.2 Å². The first kappa shape index (κ1) is 11.0. The summed E-state index contributed by atoms with van der Waals surface area (Å²) in [6.45, 7) is 0.545. The third kappa shape index (κ3) is 2.18. The van der Waals surface area contributed by atoms with E-state index in [4.69, 9.17) is 5.11 Å². The number of urea groups is 1. The van der Waals surface area contributed by atoms with Crippen molar-refractivity contribution >= 4 is 12.0 Å². The number of carbonyl (C=O) groups excluding carboxylic acids is 1. The Labute approximate surface area is 94.1 Å². The Hall–Kier alpha value is -1.52. The van der Waals surface area contributed by atoms with Crippen molar-refractivity contribution in [2.45, 2.75) is 37.8 Å². The molecule has 1 aliphatic carbocycles. The van der Waals surface area contributed by atoms with Crippen LogP contribution in [0.1, 0.15) is 25.7 Å². The number of nitrogens with zero attached hydrogens (tertiary/aromatic N) is 1. The van der Waals surface area contributed by atoms with E-state index in [0.29, 0.717) is 13.0 Å². The Morgan fingerprint density at radius 3 is 2.62 bits per heavy atom. The zero-order chi connectivity index (χ0) is 11.5. The topological polar surface area (TPSA) is 69.6 Å². The van der Waals surface area contributed by atoms with E-state index in [1.165, 1.54) is 4.90 Å². The maximum absolute atomic E-state index is 11.8. The van der Waals surface area contributed by atoms with Gasteiger partial charge in [-0.1, -0.05) is 12.2 Å². The van der Waals surface area contributed by atoms with Gasteiger partial charge in [0.2, 0.25) is 0 Å². The lowest BCUT2D eigenvalue weighted by atomic mass is 10.2. The van der Waals surface area contributed by atoms with Crippen molar-refractivity contribution in [3.05, 3.63) is 12.2 Å². The molecule has 2 aliphatic rings. The molecule has 1 atom stereocenters. The molecule has 88 valence electrons. The minimum atomic E-state index is -0.905. The summed E-state index contributed by atoms with van der Waals surface area (Å²) in [5, 5.41) is 11.8. The van der Waals surface area contributed by atoms with Crippen LogP contribution in [0, 0.1) is 0 Å². The van der Waals surface area contributed by atoms with Gasteiger partial charge in [0.25, 0.3) is 0 Å². The second-order valence-corrected chi connectivity index (χ2v) is 4.28. The molecule has 2 N–H and O–H groups in total. The highest BCUT2D eigenvalue weighted by Gasteiger charge is 2.34. The SMILES string of the molecule is O=C(O)C1CCCN1C(=O)NC1CC=CC1. The zero-order valence-corrected chi connectivity index (χ0v) is 9.06. The number of amides is 2. The number of nitrogens with one attached hydrogen (secondary N) is 1. The Morgan fingerprint density at radius 2 is 2.00 bits per heavy atom. The highest BCUT2D eigenvalue weighted by molar-refractivity contribution is 5.83. The number of aliphatic carboxylic acids is 1. The second kappa shape index (κ2) is 4.55. The summed E-state index contributed by atoms with van der Waals surface area (Å²) < 4.78 is 0. The molecule has 0 aromatic carbocycles. The quantitative estimate of drug-likeness (QED) is 0.686. The second-order valence-electron chi connectivity index (χ2n) is 4.28. The van der Waals surface area contributed by atoms with E-state index >= 15 is 0 Å². The van der Waals surface area contributed by atoms with Crippen LogP contribution in [0.5, 0.6) is 0 Å². The summed E-state index contributed by atoms with van der Waals surface area (Å²) in [6, 6.07) is -0.740. The highest BCUT2D eigenvalue weighted by atomic mass is 16.4. The predicted octanol–water partition coefficient (Wildman–Crippen LogP) is 0.964. The molecule has 1 aliphatic heterocycles. The molecule has 0 aromatic rings. The van der Waals surface area contributed by atoms with E-state index < -0.39 is 12.0 Å². The van der Waals surface area contributed by atoms with Gasteiger partial charge in [0, 0.05) is 12.6 Å². The van der Waals surface area contributed by atoms with Crippen LogP contribution in [0.4, 0.5) is 4.79 Å². The van der Waals surface area contributed by atoms with Gasteiger partial charge in [-0.05, 0) is 25.7 Å². The van der Waals surface area contributed by atoms with Crippen molar-refractivity contribution in [1.29, 1.82) is 0 Å². The first-order chi connectivity index (χ1) is 7.68. The monoisotopic (exact) mass is 224 g/mol. The molecular weight excluding hydrogens is 208 g/mol. The summed E-state index contributed by atoms with van der Waals surface area (Å²) in [5.74, 6) is -0.905. The first-order valence-corrected chi connectivity index (χ1v) is 5.63. The Morgan fingerprint density at radius 1 is 1.31 bits per heavy atom. The fourth-order valence-electron chi connectivity index (χ4n) is 2.26. The fourth-order valence-corrected chi connectivity index (χ4v) is 2.26. The van der Waals surface area contributed by atoms with Crippen LogP contribution in [0.2, 0.25) is 0 Å². The van der Waals surface area contributed by atoms with Gasteiger partial charge in [0.05, 0.1) is 0 Å². The van der Waals surface area contributed by atoms with Crippen LogP contribution in [0.25, 0.3) is 0 Å². The van der Waals surface area contributed by atoms with Crippen LogP contribution in [0.15, 0.2) is 12.2 Å². The van der Waals surface area contributed by atoms with Crippen LogP contribution < -0.4 is 5.32 Å². The average molecular weight is 224 g/mol. The molecule has 1 saturated heterocycles. The number of likely N-dealkylation sites (tertiary alicyclic amines) is 1. The van der Waals surface area contributed by atoms with Gasteiger partial charge >= 0.3 is 12.0 Å². The molecule has 1 fully saturated rings. The largest absolute Gasteiger partial charge is 0.480 e. The number of carboxylic acid groups (broad SMARTS) is 1. The zero-order valence-electron chi connectivity index (χ0n) is 9.06. The third-order valence-corrected chi connectivity index (χ3v) is 3.13. The van der Waals surface area contributed by atoms with Crippen molar-refractivity contribution in [2.75, 3.05) is 6.54 Å². The van der Waals surface area contributed by atoms with Crippen molar-refractivity contribution in [3.8, 4) is 0 Å². The van der Waals surface area contributed by atoms with Crippen LogP contribution in [0.3, 0.4) is 0 Å². The number of hydrogen-bond donors (Lipinski definition) is 2. The molecule has 2 rings (SSSR count). The van der Waals surface area contributed by atoms with Crippen LogP contribution in [-0.2, 0) is 4.79 Å². The summed E-state index contributed by atoms with van der Waals surface area (Å²) >= 11 is 0. The minimum absolute atomic E-state index is 0.141. The lowest BCUT2D eigenvalue weighted by Crippen LogP contribution is -2.48. The molecule has 5 heteroatoms. The van der Waals surface area contributed by atoms with Crippen molar-refractivity contribution in [2.24, 2.45) is 0 Å². The van der Waals surface area contributed by atoms with E-state index in [1.807, 2.05) is 12.2 Å². The van der Waals surface area contributed by atoms with Gasteiger partial charge in [-0.15, -0.1) is 0 Å². The first-order valence-electron chi connectivity index (χ1n) is 5.63. The maximum Gasteiger partial charge on any atom is 0.326 e. The molecule has 5 nitrogen and oxygen atoms in total. The molecule has 0 saturated carbocycles. The average Bonchev–Trinajstić information content (AvgIpc) is 2.86. The Kier molecular flexibility index (Phi) is 3.12. The standard InChI is InChI=1S/C11H16N2O3/c14-10(15)9-6-3-7-13(9)11(16)12-8-4-1-2-5-8/h1-2,8-9H,3-7H2,(H,12,16)(H,14,15). The summed E-state index contributed by atoms with van der Waals surface area (Å²) in [6.07, 6.45) is 7.08. The van der Waals surface area contributed by atoms with Gasteiger partial charge in [0.15, 0.2) is 0 Å². The third-order valence-electron chi connectivity index (χ3n) is 3.13. The molecule has 0 spiro atoms. The predicted molar refractivity (Wildman–Crippen MR) is 58.1 cm³/mol. The lowest BCUT2D eigenvalue weighted by molar-refractivity contribution is -0.141. The Bertz CT molecular complexity index is 319. The summed E-state index contributed by atoms with van der Waals surface area (Å²) in [4.78, 5) is 24.2. The molecule has 1 heterocycles. The number of carboxylic acids is 1. The van der Waals surface area contributed by atoms with E-state index in [9.17, 15) is 9.59 Å². The highest BCUT2D eigenvalue weighted by Crippen LogP contribution is 2.18. The molecule has 1 unspecified atom stereocenters. The number of carbonyl (C=O) groups is 2. The summed E-state index contributed by atoms with van der Waals surface area (Å²) in [7, 11) is 0. The fraction of sp³-hybridized carbons (Fsp3) is 0.636. The van der Waals surface area contributed by atoms with Crippen LogP contribution >= 0.6 is 0 Å². The van der Waals surface area contributed by atoms with E-state index in [2.05, 4.69) is 5.32 Å². The smallest absolute Gasteiger partial charge is 0.326 e. The summed E-state index contributed by atoms with van der Waals surface area (Å²) in [5.41, 5.74) is 0. The minimum Gasteiger partial charge on any atom is -0.480 e. The van der Waals surface area contributed by atoms with Gasteiger partial charge in [-0.3, -0.25) is 0 Å². The number of hydrogen-bond acceptors (Lipinski definition) is 2. The van der Waals surface area contributed by atoms with Crippen molar-refractivity contribution in [3.63, 3.8) is 0 Å². The maximum atomic E-state index is 11.8. The number of rotatable bonds is 2. The van der Waals surface area contributed by atoms with Crippen LogP contribution in [-0.4, -0.2) is 40.6 Å². The van der Waals surface area contributed by atoms with E-state index in [1.54, 1.807) is 0 Å². The molecule has 0 aromatic heterocycles. The molecule has 2 amide bonds. The Balaban J connectivity index is 1.90. The van der Waals surface area contributed by atoms with Gasteiger partial charge in [-0.2, -0.15) is 0 Å². The van der Waals surface area contributed by atoms with Gasteiger partial charge in [0.1, 0.15) is 6.04 Å². The van der Waals surface area contributed by atoms with Gasteiger partial charge < -0.3 is 15.3 Å². The normalized spacial score (nSPS) is 25.0.